The number of hydrogen-bond acceptors (Lipinski definition) is 5. The van der Waals surface area contributed by atoms with Gasteiger partial charge in [0.1, 0.15) is 6.33 Å². The van der Waals surface area contributed by atoms with Crippen LogP contribution in [0.5, 0.6) is 0 Å². The Balaban J connectivity index is 2.13. The minimum atomic E-state index is 0.00556. The molecule has 0 radical (unpaired) electrons. The van der Waals surface area contributed by atoms with Crippen LogP contribution in [0.15, 0.2) is 18.7 Å². The Labute approximate surface area is 75.6 Å². The molecule has 2 N–H and O–H groups in total. The summed E-state index contributed by atoms with van der Waals surface area (Å²) in [7, 11) is 0. The minimum Gasteiger partial charge on any atom is -0.294 e. The van der Waals surface area contributed by atoms with Crippen LogP contribution in [0.2, 0.25) is 0 Å². The van der Waals surface area contributed by atoms with Gasteiger partial charge in [0.15, 0.2) is 5.78 Å². The number of hydrazine groups is 1. The fourth-order valence-electron chi connectivity index (χ4n) is 1.31. The summed E-state index contributed by atoms with van der Waals surface area (Å²) in [6.07, 6.45) is 4.52. The molecule has 2 rings (SSSR count). The van der Waals surface area contributed by atoms with Gasteiger partial charge in [0, 0.05) is 25.5 Å². The maximum atomic E-state index is 11.7. The molecule has 0 spiro atoms. The van der Waals surface area contributed by atoms with Crippen molar-refractivity contribution in [2.45, 2.75) is 0 Å². The van der Waals surface area contributed by atoms with Crippen molar-refractivity contribution in [2.24, 2.45) is 5.92 Å². The first kappa shape index (κ1) is 8.28. The zero-order valence-corrected chi connectivity index (χ0v) is 7.03. The molecule has 0 bridgehead atoms. The highest BCUT2D eigenvalue weighted by molar-refractivity contribution is 5.97. The first-order chi connectivity index (χ1) is 6.38. The van der Waals surface area contributed by atoms with Gasteiger partial charge in [-0.1, -0.05) is 0 Å². The van der Waals surface area contributed by atoms with Crippen molar-refractivity contribution >= 4 is 5.78 Å². The highest BCUT2D eigenvalue weighted by atomic mass is 16.1. The first-order valence-corrected chi connectivity index (χ1v) is 4.13. The monoisotopic (exact) mass is 178 g/mol. The normalized spacial score (nSPS) is 17.5. The number of nitrogens with zero attached hydrogens (tertiary/aromatic N) is 2. The summed E-state index contributed by atoms with van der Waals surface area (Å²) in [6.45, 7) is 1.35. The predicted molar refractivity (Wildman–Crippen MR) is 45.9 cm³/mol. The summed E-state index contributed by atoms with van der Waals surface area (Å²) in [5.74, 6) is 0.101. The minimum absolute atomic E-state index is 0.00556. The average Bonchev–Trinajstić information content (AvgIpc) is 2.71. The van der Waals surface area contributed by atoms with Crippen molar-refractivity contribution in [2.75, 3.05) is 13.1 Å². The van der Waals surface area contributed by atoms with E-state index >= 15 is 0 Å². The van der Waals surface area contributed by atoms with Crippen LogP contribution in [0.3, 0.4) is 0 Å². The van der Waals surface area contributed by atoms with Crippen LogP contribution in [0.4, 0.5) is 0 Å². The third-order valence-corrected chi connectivity index (χ3v) is 2.04. The molecule has 1 fully saturated rings. The molecular formula is C8H10N4O. The molecule has 0 aliphatic carbocycles. The topological polar surface area (TPSA) is 66.9 Å². The van der Waals surface area contributed by atoms with Crippen molar-refractivity contribution < 1.29 is 4.79 Å². The van der Waals surface area contributed by atoms with Gasteiger partial charge in [-0.3, -0.25) is 15.6 Å². The van der Waals surface area contributed by atoms with Crippen molar-refractivity contribution in [3.8, 4) is 0 Å². The number of nitrogens with one attached hydrogen (secondary N) is 2. The molecule has 5 nitrogen and oxygen atoms in total. The molecule has 1 aliphatic rings. The molecule has 2 heterocycles. The first-order valence-electron chi connectivity index (χ1n) is 4.13. The summed E-state index contributed by atoms with van der Waals surface area (Å²) in [5.41, 5.74) is 6.40. The van der Waals surface area contributed by atoms with Crippen LogP contribution in [-0.2, 0) is 0 Å². The molecule has 68 valence electrons. The summed E-state index contributed by atoms with van der Waals surface area (Å²) in [5, 5.41) is 0. The van der Waals surface area contributed by atoms with E-state index in [9.17, 15) is 4.79 Å². The lowest BCUT2D eigenvalue weighted by Gasteiger charge is -2.04. The van der Waals surface area contributed by atoms with Gasteiger partial charge in [-0.15, -0.1) is 0 Å². The third-order valence-electron chi connectivity index (χ3n) is 2.04. The molecule has 5 heteroatoms. The Morgan fingerprint density at radius 3 is 2.54 bits per heavy atom. The van der Waals surface area contributed by atoms with E-state index in [0.717, 1.165) is 0 Å². The van der Waals surface area contributed by atoms with Crippen LogP contribution in [-0.4, -0.2) is 28.8 Å². The molecule has 0 saturated carbocycles. The lowest BCUT2D eigenvalue weighted by molar-refractivity contribution is 0.0935. The van der Waals surface area contributed by atoms with Gasteiger partial charge in [0.25, 0.3) is 0 Å². The van der Waals surface area contributed by atoms with E-state index in [0.29, 0.717) is 18.7 Å². The van der Waals surface area contributed by atoms with Crippen LogP contribution >= 0.6 is 0 Å². The fourth-order valence-corrected chi connectivity index (χ4v) is 1.31. The molecule has 1 saturated heterocycles. The second-order valence-electron chi connectivity index (χ2n) is 2.95. The number of carbonyl (C=O) groups excluding carboxylic acids is 1. The summed E-state index contributed by atoms with van der Waals surface area (Å²) >= 11 is 0. The lowest BCUT2D eigenvalue weighted by atomic mass is 10.0. The zero-order valence-electron chi connectivity index (χ0n) is 7.03. The van der Waals surface area contributed by atoms with Crippen molar-refractivity contribution in [1.82, 2.24) is 20.8 Å². The molecule has 13 heavy (non-hydrogen) atoms. The average molecular weight is 178 g/mol. The van der Waals surface area contributed by atoms with Gasteiger partial charge >= 0.3 is 0 Å². The Morgan fingerprint density at radius 2 is 1.92 bits per heavy atom. The molecular weight excluding hydrogens is 168 g/mol. The van der Waals surface area contributed by atoms with E-state index in [-0.39, 0.29) is 11.7 Å². The largest absolute Gasteiger partial charge is 0.294 e. The number of rotatable bonds is 2. The number of Topliss-reactive ketones (excluding diaryl/α,β-unsaturated/α-hetero) is 1. The summed E-state index contributed by atoms with van der Waals surface area (Å²) in [6, 6.07) is 0. The van der Waals surface area contributed by atoms with Gasteiger partial charge in [0.05, 0.1) is 11.5 Å². The standard InChI is InChI=1S/C8H10N4O/c13-8(7-3-11-12-4-7)6-1-9-5-10-2-6/h1-2,5,7,11-12H,3-4H2. The predicted octanol–water partition coefficient (Wildman–Crippen LogP) is -0.617. The molecule has 0 atom stereocenters. The van der Waals surface area contributed by atoms with Crippen LogP contribution in [0.25, 0.3) is 0 Å². The molecule has 0 aromatic carbocycles. The molecule has 0 unspecified atom stereocenters. The number of ketones is 1. The van der Waals surface area contributed by atoms with Gasteiger partial charge < -0.3 is 0 Å². The molecule has 1 aromatic rings. The second-order valence-corrected chi connectivity index (χ2v) is 2.95. The van der Waals surface area contributed by atoms with Crippen LogP contribution in [0.1, 0.15) is 10.4 Å². The quantitative estimate of drug-likeness (QED) is 0.591. The van der Waals surface area contributed by atoms with Gasteiger partial charge in [-0.25, -0.2) is 9.97 Å². The summed E-state index contributed by atoms with van der Waals surface area (Å²) in [4.78, 5) is 19.3. The van der Waals surface area contributed by atoms with Gasteiger partial charge in [0.2, 0.25) is 0 Å². The number of carbonyl (C=O) groups is 1. The van der Waals surface area contributed by atoms with Crippen molar-refractivity contribution in [3.05, 3.63) is 24.3 Å². The lowest BCUT2D eigenvalue weighted by Crippen LogP contribution is -2.21. The summed E-state index contributed by atoms with van der Waals surface area (Å²) < 4.78 is 0. The van der Waals surface area contributed by atoms with Gasteiger partial charge in [-0.05, 0) is 0 Å². The number of aromatic nitrogens is 2. The molecule has 1 aliphatic heterocycles. The van der Waals surface area contributed by atoms with Gasteiger partial charge in [-0.2, -0.15) is 0 Å². The van der Waals surface area contributed by atoms with Crippen LogP contribution in [0, 0.1) is 5.92 Å². The SMILES string of the molecule is O=C(c1cncnc1)C1CNNC1. The highest BCUT2D eigenvalue weighted by Gasteiger charge is 2.23. The number of hydrogen-bond donors (Lipinski definition) is 2. The molecule has 0 amide bonds. The van der Waals surface area contributed by atoms with E-state index in [2.05, 4.69) is 20.8 Å². The second kappa shape index (κ2) is 3.59. The maximum Gasteiger partial charge on any atom is 0.171 e. The van der Waals surface area contributed by atoms with E-state index in [1.54, 1.807) is 12.4 Å². The van der Waals surface area contributed by atoms with Crippen molar-refractivity contribution in [1.29, 1.82) is 0 Å². The fraction of sp³-hybridized carbons (Fsp3) is 0.375. The maximum absolute atomic E-state index is 11.7. The zero-order chi connectivity index (χ0) is 9.10. The Bertz CT molecular complexity index is 294. The Hall–Kier alpha value is -1.33. The van der Waals surface area contributed by atoms with E-state index in [4.69, 9.17) is 0 Å². The van der Waals surface area contributed by atoms with E-state index in [1.807, 2.05) is 0 Å². The third kappa shape index (κ3) is 1.71. The Morgan fingerprint density at radius 1 is 1.31 bits per heavy atom. The van der Waals surface area contributed by atoms with Crippen LogP contribution < -0.4 is 10.9 Å². The van der Waals surface area contributed by atoms with E-state index in [1.165, 1.54) is 6.33 Å². The van der Waals surface area contributed by atoms with E-state index < -0.39 is 0 Å². The Kier molecular flexibility index (Phi) is 2.29. The molecule has 1 aromatic heterocycles. The highest BCUT2D eigenvalue weighted by Crippen LogP contribution is 2.07. The smallest absolute Gasteiger partial charge is 0.171 e. The van der Waals surface area contributed by atoms with Crippen molar-refractivity contribution in [3.63, 3.8) is 0 Å².